The quantitative estimate of drug-likeness (QED) is 0.912. The number of carbonyl (C=O) groups is 1. The number of hydrogen-bond acceptors (Lipinski definition) is 4. The molecule has 1 aromatic rings. The average Bonchev–Trinajstić information content (AvgIpc) is 3.00. The molecule has 5 nitrogen and oxygen atoms in total. The SMILES string of the molecule is CN1CCC(CN(C)C(=O)c2ccc(N3CCC(O)CC3)cc2)C1. The Morgan fingerprint density at radius 2 is 1.83 bits per heavy atom. The predicted molar refractivity (Wildman–Crippen MR) is 96.5 cm³/mol. The molecule has 3 rings (SSSR count). The van der Waals surface area contributed by atoms with Crippen LogP contribution in [0, 0.1) is 5.92 Å². The largest absolute Gasteiger partial charge is 0.393 e. The number of carbonyl (C=O) groups excluding carboxylic acids is 1. The Morgan fingerprint density at radius 1 is 1.17 bits per heavy atom. The van der Waals surface area contributed by atoms with Crippen molar-refractivity contribution in [1.82, 2.24) is 9.80 Å². The minimum absolute atomic E-state index is 0.102. The molecule has 2 fully saturated rings. The van der Waals surface area contributed by atoms with Crippen LogP contribution in [-0.2, 0) is 0 Å². The van der Waals surface area contributed by atoms with Gasteiger partial charge in [0.15, 0.2) is 0 Å². The van der Waals surface area contributed by atoms with Crippen molar-refractivity contribution in [2.75, 3.05) is 51.7 Å². The predicted octanol–water partition coefficient (Wildman–Crippen LogP) is 1.67. The second-order valence-corrected chi connectivity index (χ2v) is 7.37. The summed E-state index contributed by atoms with van der Waals surface area (Å²) >= 11 is 0. The zero-order valence-electron chi connectivity index (χ0n) is 14.8. The molecule has 2 saturated heterocycles. The fourth-order valence-electron chi connectivity index (χ4n) is 3.80. The van der Waals surface area contributed by atoms with E-state index in [9.17, 15) is 9.90 Å². The third-order valence-corrected chi connectivity index (χ3v) is 5.31. The first-order chi connectivity index (χ1) is 11.5. The Hall–Kier alpha value is -1.59. The maximum Gasteiger partial charge on any atom is 0.253 e. The average molecular weight is 331 g/mol. The van der Waals surface area contributed by atoms with Gasteiger partial charge in [-0.25, -0.2) is 0 Å². The minimum Gasteiger partial charge on any atom is -0.393 e. The van der Waals surface area contributed by atoms with Gasteiger partial charge in [0.25, 0.3) is 5.91 Å². The molecule has 0 radical (unpaired) electrons. The van der Waals surface area contributed by atoms with E-state index in [1.54, 1.807) is 0 Å². The summed E-state index contributed by atoms with van der Waals surface area (Å²) in [5.41, 5.74) is 1.89. The van der Waals surface area contributed by atoms with Crippen molar-refractivity contribution in [3.8, 4) is 0 Å². The first-order valence-corrected chi connectivity index (χ1v) is 9.00. The van der Waals surface area contributed by atoms with E-state index in [-0.39, 0.29) is 12.0 Å². The lowest BCUT2D eigenvalue weighted by molar-refractivity contribution is 0.0774. The third-order valence-electron chi connectivity index (χ3n) is 5.31. The first-order valence-electron chi connectivity index (χ1n) is 9.00. The highest BCUT2D eigenvalue weighted by Gasteiger charge is 2.23. The summed E-state index contributed by atoms with van der Waals surface area (Å²) in [7, 11) is 4.04. The van der Waals surface area contributed by atoms with Gasteiger partial charge in [-0.05, 0) is 63.0 Å². The van der Waals surface area contributed by atoms with Gasteiger partial charge in [-0.15, -0.1) is 0 Å². The molecule has 2 aliphatic heterocycles. The van der Waals surface area contributed by atoms with Gasteiger partial charge in [-0.1, -0.05) is 0 Å². The van der Waals surface area contributed by atoms with Crippen LogP contribution in [0.25, 0.3) is 0 Å². The van der Waals surface area contributed by atoms with Crippen molar-refractivity contribution >= 4 is 11.6 Å². The maximum atomic E-state index is 12.6. The Morgan fingerprint density at radius 3 is 2.42 bits per heavy atom. The molecule has 1 aromatic carbocycles. The van der Waals surface area contributed by atoms with Crippen LogP contribution >= 0.6 is 0 Å². The van der Waals surface area contributed by atoms with Crippen LogP contribution < -0.4 is 4.90 Å². The van der Waals surface area contributed by atoms with Gasteiger partial charge < -0.3 is 19.8 Å². The van der Waals surface area contributed by atoms with Gasteiger partial charge in [-0.2, -0.15) is 0 Å². The fourth-order valence-corrected chi connectivity index (χ4v) is 3.80. The lowest BCUT2D eigenvalue weighted by Gasteiger charge is -2.31. The van der Waals surface area contributed by atoms with Gasteiger partial charge in [0.1, 0.15) is 0 Å². The third kappa shape index (κ3) is 4.08. The second-order valence-electron chi connectivity index (χ2n) is 7.37. The number of aliphatic hydroxyl groups excluding tert-OH is 1. The molecule has 2 aliphatic rings. The normalized spacial score (nSPS) is 22.8. The number of nitrogens with zero attached hydrogens (tertiary/aromatic N) is 3. The van der Waals surface area contributed by atoms with E-state index in [2.05, 4.69) is 16.8 Å². The molecule has 0 bridgehead atoms. The smallest absolute Gasteiger partial charge is 0.253 e. The highest BCUT2D eigenvalue weighted by Crippen LogP contribution is 2.21. The van der Waals surface area contributed by atoms with Crippen molar-refractivity contribution < 1.29 is 9.90 Å². The molecule has 0 spiro atoms. The summed E-state index contributed by atoms with van der Waals surface area (Å²) in [5.74, 6) is 0.688. The molecular weight excluding hydrogens is 302 g/mol. The molecule has 5 heteroatoms. The van der Waals surface area contributed by atoms with E-state index in [1.807, 2.05) is 36.2 Å². The van der Waals surface area contributed by atoms with Crippen molar-refractivity contribution in [2.24, 2.45) is 5.92 Å². The monoisotopic (exact) mass is 331 g/mol. The molecule has 0 aliphatic carbocycles. The number of anilines is 1. The van der Waals surface area contributed by atoms with Gasteiger partial charge in [0.2, 0.25) is 0 Å². The van der Waals surface area contributed by atoms with Crippen LogP contribution in [0.3, 0.4) is 0 Å². The summed E-state index contributed by atoms with van der Waals surface area (Å²) in [6.45, 7) is 4.80. The Kier molecular flexibility index (Phi) is 5.41. The van der Waals surface area contributed by atoms with Crippen LogP contribution in [-0.4, -0.2) is 73.7 Å². The number of benzene rings is 1. The van der Waals surface area contributed by atoms with E-state index in [0.29, 0.717) is 5.92 Å². The highest BCUT2D eigenvalue weighted by atomic mass is 16.3. The maximum absolute atomic E-state index is 12.6. The number of amides is 1. The van der Waals surface area contributed by atoms with Crippen molar-refractivity contribution in [3.63, 3.8) is 0 Å². The first kappa shape index (κ1) is 17.2. The number of hydrogen-bond donors (Lipinski definition) is 1. The Bertz CT molecular complexity index is 552. The van der Waals surface area contributed by atoms with Crippen LogP contribution in [0.5, 0.6) is 0 Å². The lowest BCUT2D eigenvalue weighted by atomic mass is 10.1. The van der Waals surface area contributed by atoms with Crippen molar-refractivity contribution in [3.05, 3.63) is 29.8 Å². The zero-order chi connectivity index (χ0) is 17.1. The van der Waals surface area contributed by atoms with Crippen LogP contribution in [0.1, 0.15) is 29.6 Å². The van der Waals surface area contributed by atoms with Crippen LogP contribution in [0.4, 0.5) is 5.69 Å². The molecule has 0 saturated carbocycles. The number of piperidine rings is 1. The summed E-state index contributed by atoms with van der Waals surface area (Å²) in [4.78, 5) is 19.1. The molecule has 1 N–H and O–H groups in total. The molecule has 0 aromatic heterocycles. The molecule has 1 amide bonds. The highest BCUT2D eigenvalue weighted by molar-refractivity contribution is 5.94. The van der Waals surface area contributed by atoms with Gasteiger partial charge >= 0.3 is 0 Å². The summed E-state index contributed by atoms with van der Waals surface area (Å²) in [6.07, 6.45) is 2.65. The summed E-state index contributed by atoms with van der Waals surface area (Å²) in [6, 6.07) is 7.92. The summed E-state index contributed by atoms with van der Waals surface area (Å²) in [5, 5.41) is 9.61. The number of rotatable bonds is 4. The van der Waals surface area contributed by atoms with E-state index in [4.69, 9.17) is 0 Å². The number of likely N-dealkylation sites (tertiary alicyclic amines) is 1. The number of aliphatic hydroxyl groups is 1. The lowest BCUT2D eigenvalue weighted by Crippen LogP contribution is -2.36. The van der Waals surface area contributed by atoms with E-state index in [0.717, 1.165) is 56.8 Å². The zero-order valence-corrected chi connectivity index (χ0v) is 14.8. The van der Waals surface area contributed by atoms with E-state index >= 15 is 0 Å². The fraction of sp³-hybridized carbons (Fsp3) is 0.632. The van der Waals surface area contributed by atoms with E-state index < -0.39 is 0 Å². The molecule has 24 heavy (non-hydrogen) atoms. The van der Waals surface area contributed by atoms with Crippen LogP contribution in [0.15, 0.2) is 24.3 Å². The molecule has 1 atom stereocenters. The van der Waals surface area contributed by atoms with Gasteiger partial charge in [0.05, 0.1) is 6.10 Å². The van der Waals surface area contributed by atoms with Crippen molar-refractivity contribution in [1.29, 1.82) is 0 Å². The standard InChI is InChI=1S/C19H29N3O2/c1-20-10-7-15(13-20)14-21(2)19(24)16-3-5-17(6-4-16)22-11-8-18(23)9-12-22/h3-6,15,18,23H,7-14H2,1-2H3. The topological polar surface area (TPSA) is 47.0 Å². The molecule has 1 unspecified atom stereocenters. The second kappa shape index (κ2) is 7.53. The van der Waals surface area contributed by atoms with E-state index in [1.165, 1.54) is 6.42 Å². The van der Waals surface area contributed by atoms with Crippen molar-refractivity contribution in [2.45, 2.75) is 25.4 Å². The van der Waals surface area contributed by atoms with Gasteiger partial charge in [0, 0.05) is 44.5 Å². The Balaban J connectivity index is 1.57. The van der Waals surface area contributed by atoms with Gasteiger partial charge in [-0.3, -0.25) is 4.79 Å². The Labute approximate surface area is 144 Å². The molecular formula is C19H29N3O2. The molecule has 132 valence electrons. The van der Waals surface area contributed by atoms with Crippen LogP contribution in [0.2, 0.25) is 0 Å². The summed E-state index contributed by atoms with van der Waals surface area (Å²) < 4.78 is 0. The molecule has 2 heterocycles. The minimum atomic E-state index is -0.162.